The van der Waals surface area contributed by atoms with Crippen molar-refractivity contribution < 1.29 is 19.0 Å². The number of hydrogen-bond acceptors (Lipinski definition) is 4. The monoisotopic (exact) mass is 397 g/mol. The first-order valence-electron chi connectivity index (χ1n) is 10.4. The molecular formula is C24H31NO4. The molecule has 0 N–H and O–H groups in total. The highest BCUT2D eigenvalue weighted by atomic mass is 16.5. The number of benzene rings is 2. The summed E-state index contributed by atoms with van der Waals surface area (Å²) in [6.07, 6.45) is 4.33. The number of rotatable bonds is 8. The molecule has 1 heterocycles. The summed E-state index contributed by atoms with van der Waals surface area (Å²) in [7, 11) is 3.30. The van der Waals surface area contributed by atoms with E-state index in [1.807, 2.05) is 30.0 Å². The number of likely N-dealkylation sites (tertiary alicyclic amines) is 1. The summed E-state index contributed by atoms with van der Waals surface area (Å²) >= 11 is 0. The maximum atomic E-state index is 12.9. The molecule has 29 heavy (non-hydrogen) atoms. The summed E-state index contributed by atoms with van der Waals surface area (Å²) in [6, 6.07) is 13.7. The van der Waals surface area contributed by atoms with Crippen LogP contribution in [0.3, 0.4) is 0 Å². The molecule has 0 saturated carbocycles. The molecule has 0 atom stereocenters. The molecule has 1 aliphatic rings. The van der Waals surface area contributed by atoms with Crippen molar-refractivity contribution in [3.63, 3.8) is 0 Å². The molecule has 2 aromatic carbocycles. The molecular weight excluding hydrogens is 366 g/mol. The Kier molecular flexibility index (Phi) is 7.39. The molecule has 5 heteroatoms. The molecule has 1 amide bonds. The van der Waals surface area contributed by atoms with Gasteiger partial charge in [0.05, 0.1) is 20.8 Å². The van der Waals surface area contributed by atoms with E-state index in [4.69, 9.17) is 14.2 Å². The van der Waals surface area contributed by atoms with Crippen LogP contribution in [0.5, 0.6) is 17.2 Å². The Hall–Kier alpha value is -2.69. The second kappa shape index (κ2) is 10.2. The Labute approximate surface area is 173 Å². The average molecular weight is 398 g/mol. The molecule has 3 rings (SSSR count). The second-order valence-corrected chi connectivity index (χ2v) is 7.42. The third-order valence-corrected chi connectivity index (χ3v) is 5.61. The van der Waals surface area contributed by atoms with Crippen molar-refractivity contribution in [1.82, 2.24) is 4.90 Å². The number of carbonyl (C=O) groups is 1. The highest BCUT2D eigenvalue weighted by Crippen LogP contribution is 2.30. The minimum Gasteiger partial charge on any atom is -0.497 e. The van der Waals surface area contributed by atoms with Crippen LogP contribution in [0.25, 0.3) is 0 Å². The molecule has 5 nitrogen and oxygen atoms in total. The Morgan fingerprint density at radius 1 is 1.00 bits per heavy atom. The van der Waals surface area contributed by atoms with E-state index in [-0.39, 0.29) is 5.91 Å². The third kappa shape index (κ3) is 5.43. The van der Waals surface area contributed by atoms with Crippen LogP contribution >= 0.6 is 0 Å². The van der Waals surface area contributed by atoms with Gasteiger partial charge in [0.1, 0.15) is 5.75 Å². The Balaban J connectivity index is 1.52. The number of carbonyl (C=O) groups excluding carboxylic acids is 1. The van der Waals surface area contributed by atoms with Gasteiger partial charge in [-0.1, -0.05) is 12.1 Å². The standard InChI is InChI=1S/C24H31NO4/c1-4-29-23-17-20(9-12-22(23)28-3)24(26)25-15-13-19(14-16-25)6-5-18-7-10-21(27-2)11-8-18/h7-12,17,19H,4-6,13-16H2,1-3H3. The smallest absolute Gasteiger partial charge is 0.253 e. The van der Waals surface area contributed by atoms with Crippen LogP contribution < -0.4 is 14.2 Å². The van der Waals surface area contributed by atoms with Gasteiger partial charge in [-0.3, -0.25) is 4.79 Å². The SMILES string of the molecule is CCOc1cc(C(=O)N2CCC(CCc3ccc(OC)cc3)CC2)ccc1OC. The summed E-state index contributed by atoms with van der Waals surface area (Å²) in [6.45, 7) is 4.07. The zero-order chi connectivity index (χ0) is 20.6. The molecule has 1 aliphatic heterocycles. The minimum atomic E-state index is 0.0715. The molecule has 0 spiro atoms. The van der Waals surface area contributed by atoms with Gasteiger partial charge in [0.25, 0.3) is 5.91 Å². The highest BCUT2D eigenvalue weighted by Gasteiger charge is 2.24. The molecule has 0 aromatic heterocycles. The van der Waals surface area contributed by atoms with Crippen molar-refractivity contribution in [2.24, 2.45) is 5.92 Å². The first kappa shape index (κ1) is 21.0. The number of nitrogens with zero attached hydrogens (tertiary/aromatic N) is 1. The summed E-state index contributed by atoms with van der Waals surface area (Å²) in [4.78, 5) is 14.9. The van der Waals surface area contributed by atoms with Gasteiger partial charge in [-0.15, -0.1) is 0 Å². The summed E-state index contributed by atoms with van der Waals surface area (Å²) < 4.78 is 16.1. The van der Waals surface area contributed by atoms with Gasteiger partial charge in [0.15, 0.2) is 11.5 Å². The van der Waals surface area contributed by atoms with E-state index in [0.717, 1.165) is 44.5 Å². The number of hydrogen-bond donors (Lipinski definition) is 0. The van der Waals surface area contributed by atoms with Crippen molar-refractivity contribution in [1.29, 1.82) is 0 Å². The number of methoxy groups -OCH3 is 2. The predicted octanol–water partition coefficient (Wildman–Crippen LogP) is 4.59. The molecule has 0 unspecified atom stereocenters. The van der Waals surface area contributed by atoms with Crippen LogP contribution in [0.4, 0.5) is 0 Å². The Morgan fingerprint density at radius 2 is 1.72 bits per heavy atom. The van der Waals surface area contributed by atoms with E-state index < -0.39 is 0 Å². The molecule has 1 saturated heterocycles. The van der Waals surface area contributed by atoms with E-state index >= 15 is 0 Å². The van der Waals surface area contributed by atoms with Gasteiger partial charge in [-0.2, -0.15) is 0 Å². The molecule has 1 fully saturated rings. The summed E-state index contributed by atoms with van der Waals surface area (Å²) in [5.74, 6) is 2.90. The van der Waals surface area contributed by atoms with Crippen LogP contribution in [0.2, 0.25) is 0 Å². The largest absolute Gasteiger partial charge is 0.497 e. The van der Waals surface area contributed by atoms with Crippen molar-refractivity contribution in [3.8, 4) is 17.2 Å². The fourth-order valence-electron chi connectivity index (χ4n) is 3.85. The summed E-state index contributed by atoms with van der Waals surface area (Å²) in [5.41, 5.74) is 2.00. The molecule has 0 aliphatic carbocycles. The number of amides is 1. The lowest BCUT2D eigenvalue weighted by molar-refractivity contribution is 0.0686. The van der Waals surface area contributed by atoms with Crippen LogP contribution in [-0.4, -0.2) is 44.7 Å². The van der Waals surface area contributed by atoms with E-state index in [0.29, 0.717) is 29.6 Å². The van der Waals surface area contributed by atoms with Crippen molar-refractivity contribution in [2.75, 3.05) is 33.9 Å². The molecule has 156 valence electrons. The van der Waals surface area contributed by atoms with Crippen molar-refractivity contribution >= 4 is 5.91 Å². The molecule has 0 radical (unpaired) electrons. The maximum Gasteiger partial charge on any atom is 0.253 e. The first-order valence-corrected chi connectivity index (χ1v) is 10.4. The maximum absolute atomic E-state index is 12.9. The molecule has 0 bridgehead atoms. The van der Waals surface area contributed by atoms with Crippen LogP contribution in [-0.2, 0) is 6.42 Å². The van der Waals surface area contributed by atoms with Crippen LogP contribution in [0.1, 0.15) is 42.1 Å². The molecule has 2 aromatic rings. The fraction of sp³-hybridized carbons (Fsp3) is 0.458. The lowest BCUT2D eigenvalue weighted by Crippen LogP contribution is -2.38. The van der Waals surface area contributed by atoms with Crippen molar-refractivity contribution in [2.45, 2.75) is 32.6 Å². The van der Waals surface area contributed by atoms with Gasteiger partial charge < -0.3 is 19.1 Å². The fourth-order valence-corrected chi connectivity index (χ4v) is 3.85. The Morgan fingerprint density at radius 3 is 2.34 bits per heavy atom. The van der Waals surface area contributed by atoms with E-state index in [1.54, 1.807) is 26.4 Å². The quantitative estimate of drug-likeness (QED) is 0.654. The normalized spacial score (nSPS) is 14.5. The lowest BCUT2D eigenvalue weighted by atomic mass is 9.90. The lowest BCUT2D eigenvalue weighted by Gasteiger charge is -2.32. The third-order valence-electron chi connectivity index (χ3n) is 5.61. The number of aryl methyl sites for hydroxylation is 1. The minimum absolute atomic E-state index is 0.0715. The van der Waals surface area contributed by atoms with Crippen LogP contribution in [0, 0.1) is 5.92 Å². The van der Waals surface area contributed by atoms with Crippen LogP contribution in [0.15, 0.2) is 42.5 Å². The van der Waals surface area contributed by atoms with E-state index in [2.05, 4.69) is 12.1 Å². The second-order valence-electron chi connectivity index (χ2n) is 7.42. The number of ether oxygens (including phenoxy) is 3. The average Bonchev–Trinajstić information content (AvgIpc) is 2.78. The van der Waals surface area contributed by atoms with E-state index in [9.17, 15) is 4.79 Å². The van der Waals surface area contributed by atoms with Gasteiger partial charge in [0, 0.05) is 18.7 Å². The summed E-state index contributed by atoms with van der Waals surface area (Å²) in [5, 5.41) is 0. The van der Waals surface area contributed by atoms with Crippen molar-refractivity contribution in [3.05, 3.63) is 53.6 Å². The zero-order valence-corrected chi connectivity index (χ0v) is 17.6. The number of piperidine rings is 1. The van der Waals surface area contributed by atoms with Gasteiger partial charge in [-0.25, -0.2) is 0 Å². The first-order chi connectivity index (χ1) is 14.1. The zero-order valence-electron chi connectivity index (χ0n) is 17.6. The van der Waals surface area contributed by atoms with Gasteiger partial charge in [-0.05, 0) is 74.4 Å². The van der Waals surface area contributed by atoms with Gasteiger partial charge >= 0.3 is 0 Å². The topological polar surface area (TPSA) is 48.0 Å². The highest BCUT2D eigenvalue weighted by molar-refractivity contribution is 5.95. The van der Waals surface area contributed by atoms with E-state index in [1.165, 1.54) is 5.56 Å². The predicted molar refractivity (Wildman–Crippen MR) is 114 cm³/mol. The van der Waals surface area contributed by atoms with Gasteiger partial charge in [0.2, 0.25) is 0 Å². The Bertz CT molecular complexity index is 795.